The highest BCUT2D eigenvalue weighted by Crippen LogP contribution is 2.18. The molecule has 0 saturated carbocycles. The minimum Gasteiger partial charge on any atom is -0.320 e. The van der Waals surface area contributed by atoms with Gasteiger partial charge in [0.25, 0.3) is 0 Å². The SMILES string of the molecule is Cc1ccc(C#CCN)cc1NS(=O)(=O)CCC(C)C. The summed E-state index contributed by atoms with van der Waals surface area (Å²) < 4.78 is 26.7. The zero-order valence-corrected chi connectivity index (χ0v) is 13.0. The maximum atomic E-state index is 12.0. The van der Waals surface area contributed by atoms with Gasteiger partial charge in [-0.2, -0.15) is 0 Å². The van der Waals surface area contributed by atoms with Gasteiger partial charge in [-0.15, -0.1) is 0 Å². The van der Waals surface area contributed by atoms with Crippen LogP contribution < -0.4 is 10.5 Å². The number of benzene rings is 1. The van der Waals surface area contributed by atoms with E-state index in [0.717, 1.165) is 11.1 Å². The molecule has 1 rings (SSSR count). The standard InChI is InChI=1S/C15H22N2O2S/c1-12(2)8-10-20(18,19)17-15-11-14(5-4-9-16)7-6-13(15)3/h6-7,11-12,17H,8-10,16H2,1-3H3. The molecule has 0 bridgehead atoms. The predicted octanol–water partition coefficient (Wildman–Crippen LogP) is 2.09. The van der Waals surface area contributed by atoms with Gasteiger partial charge in [0.15, 0.2) is 0 Å². The van der Waals surface area contributed by atoms with E-state index < -0.39 is 10.0 Å². The highest BCUT2D eigenvalue weighted by Gasteiger charge is 2.12. The number of anilines is 1. The van der Waals surface area contributed by atoms with Gasteiger partial charge in [0.1, 0.15) is 0 Å². The minimum absolute atomic E-state index is 0.128. The van der Waals surface area contributed by atoms with Crippen molar-refractivity contribution in [2.24, 2.45) is 11.7 Å². The van der Waals surface area contributed by atoms with Crippen molar-refractivity contribution in [2.45, 2.75) is 27.2 Å². The van der Waals surface area contributed by atoms with Crippen LogP contribution in [0.15, 0.2) is 18.2 Å². The number of nitrogens with two attached hydrogens (primary N) is 1. The summed E-state index contributed by atoms with van der Waals surface area (Å²) in [6.07, 6.45) is 0.640. The maximum Gasteiger partial charge on any atom is 0.232 e. The smallest absolute Gasteiger partial charge is 0.232 e. The van der Waals surface area contributed by atoms with Crippen molar-refractivity contribution in [3.8, 4) is 11.8 Å². The fraction of sp³-hybridized carbons (Fsp3) is 0.467. The largest absolute Gasteiger partial charge is 0.320 e. The first-order valence-electron chi connectivity index (χ1n) is 6.64. The van der Waals surface area contributed by atoms with Crippen LogP contribution in [0.5, 0.6) is 0 Å². The second-order valence-corrected chi connectivity index (χ2v) is 6.98. The zero-order chi connectivity index (χ0) is 15.2. The van der Waals surface area contributed by atoms with E-state index in [1.165, 1.54) is 0 Å². The van der Waals surface area contributed by atoms with Crippen LogP contribution in [0.3, 0.4) is 0 Å². The third-order valence-electron chi connectivity index (χ3n) is 2.80. The monoisotopic (exact) mass is 294 g/mol. The van der Waals surface area contributed by atoms with Crippen LogP contribution in [0, 0.1) is 24.7 Å². The van der Waals surface area contributed by atoms with Crippen LogP contribution in [-0.4, -0.2) is 20.7 Å². The Kier molecular flexibility index (Phi) is 6.05. The summed E-state index contributed by atoms with van der Waals surface area (Å²) in [6, 6.07) is 5.44. The van der Waals surface area contributed by atoms with Crippen molar-refractivity contribution in [2.75, 3.05) is 17.0 Å². The molecule has 3 N–H and O–H groups in total. The number of rotatable bonds is 5. The highest BCUT2D eigenvalue weighted by molar-refractivity contribution is 7.92. The van der Waals surface area contributed by atoms with E-state index in [-0.39, 0.29) is 12.3 Å². The van der Waals surface area contributed by atoms with Crippen molar-refractivity contribution >= 4 is 15.7 Å². The Hall–Kier alpha value is -1.51. The van der Waals surface area contributed by atoms with Gasteiger partial charge < -0.3 is 5.73 Å². The molecule has 0 aliphatic carbocycles. The molecule has 0 aliphatic heterocycles. The Morgan fingerprint density at radius 1 is 1.35 bits per heavy atom. The Balaban J connectivity index is 2.91. The second-order valence-electron chi connectivity index (χ2n) is 5.14. The minimum atomic E-state index is -3.31. The molecule has 110 valence electrons. The van der Waals surface area contributed by atoms with Crippen molar-refractivity contribution in [1.82, 2.24) is 0 Å². The molecular weight excluding hydrogens is 272 g/mol. The second kappa shape index (κ2) is 7.32. The third kappa shape index (κ3) is 5.64. The van der Waals surface area contributed by atoms with Crippen molar-refractivity contribution in [3.63, 3.8) is 0 Å². The summed E-state index contributed by atoms with van der Waals surface area (Å²) in [5.74, 6) is 6.14. The first-order valence-corrected chi connectivity index (χ1v) is 8.29. The normalized spacial score (nSPS) is 11.1. The Morgan fingerprint density at radius 2 is 2.05 bits per heavy atom. The lowest BCUT2D eigenvalue weighted by Gasteiger charge is -2.12. The predicted molar refractivity (Wildman–Crippen MR) is 84.0 cm³/mol. The van der Waals surface area contributed by atoms with Crippen molar-refractivity contribution in [1.29, 1.82) is 0 Å². The Labute approximate surface area is 121 Å². The van der Waals surface area contributed by atoms with Gasteiger partial charge in [0, 0.05) is 5.56 Å². The summed E-state index contributed by atoms with van der Waals surface area (Å²) in [5.41, 5.74) is 7.53. The van der Waals surface area contributed by atoms with E-state index >= 15 is 0 Å². The number of hydrogen-bond acceptors (Lipinski definition) is 3. The molecule has 1 aromatic carbocycles. The van der Waals surface area contributed by atoms with Crippen LogP contribution in [0.4, 0.5) is 5.69 Å². The molecule has 0 aliphatic rings. The van der Waals surface area contributed by atoms with Crippen molar-refractivity contribution < 1.29 is 8.42 Å². The molecule has 0 saturated heterocycles. The van der Waals surface area contributed by atoms with Gasteiger partial charge in [0.05, 0.1) is 18.0 Å². The average molecular weight is 294 g/mol. The first kappa shape index (κ1) is 16.5. The van der Waals surface area contributed by atoms with Gasteiger partial charge >= 0.3 is 0 Å². The summed E-state index contributed by atoms with van der Waals surface area (Å²) in [5, 5.41) is 0. The van der Waals surface area contributed by atoms with Crippen LogP contribution in [0.1, 0.15) is 31.4 Å². The molecule has 0 heterocycles. The van der Waals surface area contributed by atoms with Crippen LogP contribution >= 0.6 is 0 Å². The van der Waals surface area contributed by atoms with E-state index in [9.17, 15) is 8.42 Å². The van der Waals surface area contributed by atoms with Gasteiger partial charge in [-0.1, -0.05) is 31.8 Å². The summed E-state index contributed by atoms with van der Waals surface area (Å²) in [6.45, 7) is 6.15. The highest BCUT2D eigenvalue weighted by atomic mass is 32.2. The number of nitrogens with one attached hydrogen (secondary N) is 1. The van der Waals surface area contributed by atoms with Gasteiger partial charge in [0.2, 0.25) is 10.0 Å². The summed E-state index contributed by atoms with van der Waals surface area (Å²) in [4.78, 5) is 0. The van der Waals surface area contributed by atoms with Crippen LogP contribution in [0.25, 0.3) is 0 Å². The summed E-state index contributed by atoms with van der Waals surface area (Å²) in [7, 11) is -3.31. The molecule has 0 unspecified atom stereocenters. The number of sulfonamides is 1. The lowest BCUT2D eigenvalue weighted by Crippen LogP contribution is -2.18. The molecule has 20 heavy (non-hydrogen) atoms. The quantitative estimate of drug-likeness (QED) is 0.817. The lowest BCUT2D eigenvalue weighted by molar-refractivity contribution is 0.578. The lowest BCUT2D eigenvalue weighted by atomic mass is 10.1. The van der Waals surface area contributed by atoms with Gasteiger partial charge in [-0.25, -0.2) is 8.42 Å². The zero-order valence-electron chi connectivity index (χ0n) is 12.2. The number of aryl methyl sites for hydroxylation is 1. The molecule has 0 amide bonds. The summed E-state index contributed by atoms with van der Waals surface area (Å²) >= 11 is 0. The topological polar surface area (TPSA) is 72.2 Å². The molecule has 1 aromatic rings. The molecule has 0 radical (unpaired) electrons. The molecule has 0 spiro atoms. The molecule has 0 atom stereocenters. The molecule has 4 nitrogen and oxygen atoms in total. The van der Waals surface area contributed by atoms with Gasteiger partial charge in [-0.3, -0.25) is 4.72 Å². The fourth-order valence-electron chi connectivity index (χ4n) is 1.57. The van der Waals surface area contributed by atoms with Crippen LogP contribution in [0.2, 0.25) is 0 Å². The van der Waals surface area contributed by atoms with E-state index in [1.807, 2.05) is 32.9 Å². The molecule has 5 heteroatoms. The van der Waals surface area contributed by atoms with E-state index in [2.05, 4.69) is 16.6 Å². The van der Waals surface area contributed by atoms with Crippen LogP contribution in [-0.2, 0) is 10.0 Å². The van der Waals surface area contributed by atoms with E-state index in [0.29, 0.717) is 18.0 Å². The fourth-order valence-corrected chi connectivity index (χ4v) is 3.01. The molecular formula is C15H22N2O2S. The average Bonchev–Trinajstić information content (AvgIpc) is 2.37. The first-order chi connectivity index (χ1) is 9.34. The number of hydrogen-bond donors (Lipinski definition) is 2. The van der Waals surface area contributed by atoms with E-state index in [1.54, 1.807) is 6.07 Å². The molecule has 0 aromatic heterocycles. The third-order valence-corrected chi connectivity index (χ3v) is 4.11. The van der Waals surface area contributed by atoms with Gasteiger partial charge in [-0.05, 0) is 37.0 Å². The van der Waals surface area contributed by atoms with Crippen molar-refractivity contribution in [3.05, 3.63) is 29.3 Å². The Bertz CT molecular complexity index is 610. The Morgan fingerprint density at radius 3 is 2.65 bits per heavy atom. The maximum absolute atomic E-state index is 12.0. The molecule has 0 fully saturated rings. The van der Waals surface area contributed by atoms with E-state index in [4.69, 9.17) is 5.73 Å².